The van der Waals surface area contributed by atoms with Crippen LogP contribution in [0.2, 0.25) is 0 Å². The summed E-state index contributed by atoms with van der Waals surface area (Å²) in [6.07, 6.45) is 6.90. The molecule has 0 atom stereocenters. The first-order valence-electron chi connectivity index (χ1n) is 4.68. The number of thioether (sulfide) groups is 1. The Hall–Kier alpha value is -1.38. The van der Waals surface area contributed by atoms with Gasteiger partial charge >= 0.3 is 0 Å². The van der Waals surface area contributed by atoms with Crippen molar-refractivity contribution in [1.82, 2.24) is 0 Å². The predicted octanol–water partition coefficient (Wildman–Crippen LogP) is 4.12. The third-order valence-corrected chi connectivity index (χ3v) is 2.63. The summed E-state index contributed by atoms with van der Waals surface area (Å²) in [5.74, 6) is 0. The maximum atomic E-state index is 8.07. The van der Waals surface area contributed by atoms with Crippen molar-refractivity contribution in [3.63, 3.8) is 0 Å². The van der Waals surface area contributed by atoms with Gasteiger partial charge in [0.2, 0.25) is 0 Å². The number of benzene rings is 1. The highest BCUT2D eigenvalue weighted by atomic mass is 32.2. The highest BCUT2D eigenvalue weighted by Gasteiger charge is 1.88. The van der Waals surface area contributed by atoms with Gasteiger partial charge in [0.1, 0.15) is 0 Å². The van der Waals surface area contributed by atoms with Crippen LogP contribution in [0.3, 0.4) is 0 Å². The van der Waals surface area contributed by atoms with E-state index in [4.69, 9.17) is 5.53 Å². The first kappa shape index (κ1) is 11.7. The van der Waals surface area contributed by atoms with E-state index in [1.165, 1.54) is 10.5 Å². The summed E-state index contributed by atoms with van der Waals surface area (Å²) < 4.78 is 0. The molecule has 78 valence electrons. The largest absolute Gasteiger partial charge is 0.130 e. The normalized spacial score (nSPS) is 10.2. The van der Waals surface area contributed by atoms with Gasteiger partial charge in [-0.2, -0.15) is 0 Å². The van der Waals surface area contributed by atoms with Gasteiger partial charge in [-0.15, -0.1) is 11.8 Å². The fourth-order valence-corrected chi connectivity index (χ4v) is 1.52. The third kappa shape index (κ3) is 4.58. The van der Waals surface area contributed by atoms with Crippen LogP contribution in [0.25, 0.3) is 16.5 Å². The minimum atomic E-state index is 0.524. The average molecular weight is 219 g/mol. The minimum absolute atomic E-state index is 0.524. The van der Waals surface area contributed by atoms with E-state index in [-0.39, 0.29) is 0 Å². The molecular weight excluding hydrogens is 206 g/mol. The predicted molar refractivity (Wildman–Crippen MR) is 65.9 cm³/mol. The first-order chi connectivity index (χ1) is 7.36. The van der Waals surface area contributed by atoms with Crippen molar-refractivity contribution in [2.24, 2.45) is 5.11 Å². The van der Waals surface area contributed by atoms with E-state index in [0.29, 0.717) is 6.54 Å². The maximum Gasteiger partial charge on any atom is 0.0292 e. The lowest BCUT2D eigenvalue weighted by Crippen LogP contribution is -1.75. The van der Waals surface area contributed by atoms with Crippen molar-refractivity contribution in [2.75, 3.05) is 12.8 Å². The van der Waals surface area contributed by atoms with Gasteiger partial charge in [0.25, 0.3) is 0 Å². The van der Waals surface area contributed by atoms with Gasteiger partial charge in [-0.1, -0.05) is 29.4 Å². The monoisotopic (exact) mass is 219 g/mol. The molecule has 0 bridgehead atoms. The molecule has 1 aromatic carbocycles. The van der Waals surface area contributed by atoms with E-state index in [2.05, 4.69) is 40.5 Å². The fraction of sp³-hybridized carbons (Fsp3) is 0.273. The van der Waals surface area contributed by atoms with E-state index in [1.807, 2.05) is 12.2 Å². The summed E-state index contributed by atoms with van der Waals surface area (Å²) in [6.45, 7) is 0.524. The molecule has 0 saturated heterocycles. The second-order valence-electron chi connectivity index (χ2n) is 2.92. The molecule has 0 heterocycles. The molecule has 15 heavy (non-hydrogen) atoms. The van der Waals surface area contributed by atoms with Crippen molar-refractivity contribution in [3.8, 4) is 0 Å². The summed E-state index contributed by atoms with van der Waals surface area (Å²) in [7, 11) is 0. The Morgan fingerprint density at radius 2 is 2.13 bits per heavy atom. The maximum absolute atomic E-state index is 8.07. The van der Waals surface area contributed by atoms with E-state index >= 15 is 0 Å². The second-order valence-corrected chi connectivity index (χ2v) is 3.80. The zero-order valence-electron chi connectivity index (χ0n) is 8.63. The molecule has 1 aromatic rings. The van der Waals surface area contributed by atoms with E-state index < -0.39 is 0 Å². The second kappa shape index (κ2) is 6.98. The van der Waals surface area contributed by atoms with Crippen LogP contribution in [0, 0.1) is 0 Å². The zero-order valence-corrected chi connectivity index (χ0v) is 9.44. The van der Waals surface area contributed by atoms with Gasteiger partial charge in [0, 0.05) is 16.4 Å². The van der Waals surface area contributed by atoms with Crippen LogP contribution >= 0.6 is 11.8 Å². The van der Waals surface area contributed by atoms with Crippen molar-refractivity contribution in [2.45, 2.75) is 11.3 Å². The van der Waals surface area contributed by atoms with Gasteiger partial charge in [0.05, 0.1) is 0 Å². The van der Waals surface area contributed by atoms with Crippen LogP contribution in [0.4, 0.5) is 0 Å². The van der Waals surface area contributed by atoms with Gasteiger partial charge in [-0.25, -0.2) is 0 Å². The molecule has 0 aliphatic heterocycles. The SMILES string of the molecule is CSc1ccc(C=CCCN=[N+]=[N-])cc1. The number of nitrogens with zero attached hydrogens (tertiary/aromatic N) is 3. The highest BCUT2D eigenvalue weighted by Crippen LogP contribution is 2.15. The Kier molecular flexibility index (Phi) is 5.44. The molecule has 0 saturated carbocycles. The number of hydrogen-bond acceptors (Lipinski definition) is 2. The summed E-state index contributed by atoms with van der Waals surface area (Å²) in [6, 6.07) is 8.35. The fourth-order valence-electron chi connectivity index (χ4n) is 1.11. The average Bonchev–Trinajstić information content (AvgIpc) is 2.30. The third-order valence-electron chi connectivity index (χ3n) is 1.89. The van der Waals surface area contributed by atoms with Crippen LogP contribution in [0.15, 0.2) is 40.4 Å². The molecule has 0 spiro atoms. The standard InChI is InChI=1S/C11H13N3S/c1-15-11-7-5-10(6-8-11)4-2-3-9-13-14-12/h2,4-8H,3,9H2,1H3. The molecule has 4 heteroatoms. The lowest BCUT2D eigenvalue weighted by molar-refractivity contribution is 0.995. The number of azide groups is 1. The quantitative estimate of drug-likeness (QED) is 0.241. The van der Waals surface area contributed by atoms with Crippen LogP contribution in [-0.4, -0.2) is 12.8 Å². The lowest BCUT2D eigenvalue weighted by atomic mass is 10.2. The number of rotatable bonds is 5. The molecule has 0 radical (unpaired) electrons. The molecule has 0 aromatic heterocycles. The molecule has 0 aliphatic rings. The molecule has 0 N–H and O–H groups in total. The molecule has 1 rings (SSSR count). The van der Waals surface area contributed by atoms with E-state index in [9.17, 15) is 0 Å². The van der Waals surface area contributed by atoms with Crippen molar-refractivity contribution >= 4 is 17.8 Å². The Labute approximate surface area is 93.8 Å². The Bertz CT molecular complexity index is 364. The van der Waals surface area contributed by atoms with Crippen LogP contribution < -0.4 is 0 Å². The van der Waals surface area contributed by atoms with Crippen LogP contribution in [0.1, 0.15) is 12.0 Å². The van der Waals surface area contributed by atoms with E-state index in [0.717, 1.165) is 6.42 Å². The smallest absolute Gasteiger partial charge is 0.0292 e. The topological polar surface area (TPSA) is 48.8 Å². The summed E-state index contributed by atoms with van der Waals surface area (Å²) >= 11 is 1.73. The molecule has 0 amide bonds. The summed E-state index contributed by atoms with van der Waals surface area (Å²) in [4.78, 5) is 3.96. The van der Waals surface area contributed by atoms with Gasteiger partial charge < -0.3 is 0 Å². The lowest BCUT2D eigenvalue weighted by Gasteiger charge is -1.96. The summed E-state index contributed by atoms with van der Waals surface area (Å²) in [5, 5.41) is 3.46. The number of hydrogen-bond donors (Lipinski definition) is 0. The van der Waals surface area contributed by atoms with Crippen LogP contribution in [0.5, 0.6) is 0 Å². The molecule has 3 nitrogen and oxygen atoms in total. The highest BCUT2D eigenvalue weighted by molar-refractivity contribution is 7.98. The van der Waals surface area contributed by atoms with Crippen LogP contribution in [-0.2, 0) is 0 Å². The van der Waals surface area contributed by atoms with Gasteiger partial charge in [-0.05, 0) is 35.9 Å². The molecule has 0 fully saturated rings. The van der Waals surface area contributed by atoms with Crippen molar-refractivity contribution in [1.29, 1.82) is 0 Å². The minimum Gasteiger partial charge on any atom is -0.130 e. The molecular formula is C11H13N3S. The Morgan fingerprint density at radius 1 is 1.40 bits per heavy atom. The molecule has 0 unspecified atom stereocenters. The zero-order chi connectivity index (χ0) is 10.9. The van der Waals surface area contributed by atoms with Gasteiger partial charge in [-0.3, -0.25) is 0 Å². The first-order valence-corrected chi connectivity index (χ1v) is 5.90. The van der Waals surface area contributed by atoms with E-state index in [1.54, 1.807) is 11.8 Å². The van der Waals surface area contributed by atoms with Crippen molar-refractivity contribution < 1.29 is 0 Å². The Balaban J connectivity index is 2.46. The van der Waals surface area contributed by atoms with Gasteiger partial charge in [0.15, 0.2) is 0 Å². The summed E-state index contributed by atoms with van der Waals surface area (Å²) in [5.41, 5.74) is 9.25. The molecule has 0 aliphatic carbocycles. The Morgan fingerprint density at radius 3 is 2.73 bits per heavy atom. The van der Waals surface area contributed by atoms with Crippen molar-refractivity contribution in [3.05, 3.63) is 46.3 Å².